The number of nitrogens with one attached hydrogen (secondary N) is 1. The second-order valence-corrected chi connectivity index (χ2v) is 5.95. The van der Waals surface area contributed by atoms with Crippen LogP contribution in [0.4, 0.5) is 5.82 Å². The number of hydrogen-bond acceptors (Lipinski definition) is 6. The van der Waals surface area contributed by atoms with Crippen LogP contribution < -0.4 is 10.2 Å². The first-order valence-corrected chi connectivity index (χ1v) is 8.55. The summed E-state index contributed by atoms with van der Waals surface area (Å²) in [6, 6.07) is 3.83. The number of rotatable bonds is 7. The van der Waals surface area contributed by atoms with Crippen molar-refractivity contribution in [2.45, 2.75) is 26.2 Å². The Hall–Kier alpha value is -2.22. The molecule has 2 aromatic rings. The molecule has 1 fully saturated rings. The van der Waals surface area contributed by atoms with Crippen LogP contribution in [0.3, 0.4) is 0 Å². The van der Waals surface area contributed by atoms with E-state index in [2.05, 4.69) is 25.5 Å². The van der Waals surface area contributed by atoms with Crippen LogP contribution >= 0.6 is 0 Å². The number of fused-ring (bicyclic) bond motifs is 1. The molecule has 0 aromatic carbocycles. The number of carbonyl (C=O) groups is 1. The second kappa shape index (κ2) is 8.05. The van der Waals surface area contributed by atoms with Gasteiger partial charge in [-0.15, -0.1) is 15.3 Å². The number of anilines is 1. The normalized spacial score (nSPS) is 18.0. The van der Waals surface area contributed by atoms with Gasteiger partial charge in [0.2, 0.25) is 5.91 Å². The SMILES string of the molecule is CCOCCCNC(=O)[C@@H]1CCCN(c2ccc3nncn3n2)C1. The second-order valence-electron chi connectivity index (χ2n) is 5.95. The average Bonchev–Trinajstić information content (AvgIpc) is 3.09. The summed E-state index contributed by atoms with van der Waals surface area (Å²) in [5.74, 6) is 0.988. The number of amides is 1. The van der Waals surface area contributed by atoms with E-state index in [9.17, 15) is 4.79 Å². The fourth-order valence-corrected chi connectivity index (χ4v) is 2.96. The summed E-state index contributed by atoms with van der Waals surface area (Å²) in [6.07, 6.45) is 4.34. The average molecular weight is 332 g/mol. The Morgan fingerprint density at radius 2 is 2.38 bits per heavy atom. The molecule has 1 N–H and O–H groups in total. The monoisotopic (exact) mass is 332 g/mol. The summed E-state index contributed by atoms with van der Waals surface area (Å²) in [4.78, 5) is 14.5. The highest BCUT2D eigenvalue weighted by Gasteiger charge is 2.26. The van der Waals surface area contributed by atoms with E-state index in [-0.39, 0.29) is 11.8 Å². The molecule has 130 valence electrons. The lowest BCUT2D eigenvalue weighted by atomic mass is 9.97. The summed E-state index contributed by atoms with van der Waals surface area (Å²) < 4.78 is 6.94. The minimum absolute atomic E-state index is 0.00394. The first kappa shape index (κ1) is 16.6. The van der Waals surface area contributed by atoms with Crippen LogP contribution in [-0.2, 0) is 9.53 Å². The van der Waals surface area contributed by atoms with E-state index in [1.54, 1.807) is 10.8 Å². The van der Waals surface area contributed by atoms with Gasteiger partial charge < -0.3 is 15.0 Å². The molecule has 0 saturated carbocycles. The van der Waals surface area contributed by atoms with E-state index in [0.717, 1.165) is 43.9 Å². The third kappa shape index (κ3) is 4.00. The van der Waals surface area contributed by atoms with Gasteiger partial charge in [0.25, 0.3) is 0 Å². The Labute approximate surface area is 141 Å². The molecule has 8 heteroatoms. The molecule has 24 heavy (non-hydrogen) atoms. The van der Waals surface area contributed by atoms with E-state index in [0.29, 0.717) is 19.7 Å². The van der Waals surface area contributed by atoms with Crippen molar-refractivity contribution in [2.75, 3.05) is 37.7 Å². The fraction of sp³-hybridized carbons (Fsp3) is 0.625. The summed E-state index contributed by atoms with van der Waals surface area (Å²) >= 11 is 0. The van der Waals surface area contributed by atoms with Gasteiger partial charge in [-0.25, -0.2) is 0 Å². The number of carbonyl (C=O) groups excluding carboxylic acids is 1. The van der Waals surface area contributed by atoms with Crippen molar-refractivity contribution in [3.05, 3.63) is 18.5 Å². The van der Waals surface area contributed by atoms with Crippen LogP contribution in [0.25, 0.3) is 5.65 Å². The molecule has 0 aliphatic carbocycles. The van der Waals surface area contributed by atoms with E-state index in [4.69, 9.17) is 4.74 Å². The molecule has 1 amide bonds. The molecular weight excluding hydrogens is 308 g/mol. The van der Waals surface area contributed by atoms with Crippen LogP contribution in [0.2, 0.25) is 0 Å². The molecule has 3 rings (SSSR count). The van der Waals surface area contributed by atoms with Crippen LogP contribution in [-0.4, -0.2) is 58.6 Å². The summed E-state index contributed by atoms with van der Waals surface area (Å²) in [7, 11) is 0. The van der Waals surface area contributed by atoms with Gasteiger partial charge in [-0.2, -0.15) is 4.52 Å². The summed E-state index contributed by atoms with van der Waals surface area (Å²) in [5.41, 5.74) is 0.722. The molecule has 3 heterocycles. The zero-order valence-corrected chi connectivity index (χ0v) is 14.0. The summed E-state index contributed by atoms with van der Waals surface area (Å²) in [5, 5.41) is 15.3. The maximum absolute atomic E-state index is 12.4. The van der Waals surface area contributed by atoms with Crippen LogP contribution in [0.5, 0.6) is 0 Å². The molecule has 0 unspecified atom stereocenters. The maximum Gasteiger partial charge on any atom is 0.224 e. The highest BCUT2D eigenvalue weighted by molar-refractivity contribution is 5.79. The number of hydrogen-bond donors (Lipinski definition) is 1. The van der Waals surface area contributed by atoms with Gasteiger partial charge in [-0.1, -0.05) is 0 Å². The number of ether oxygens (including phenoxy) is 1. The van der Waals surface area contributed by atoms with E-state index >= 15 is 0 Å². The Kier molecular flexibility index (Phi) is 5.58. The molecule has 1 saturated heterocycles. The Morgan fingerprint density at radius 3 is 3.25 bits per heavy atom. The van der Waals surface area contributed by atoms with Crippen molar-refractivity contribution < 1.29 is 9.53 Å². The molecule has 8 nitrogen and oxygen atoms in total. The fourth-order valence-electron chi connectivity index (χ4n) is 2.96. The van der Waals surface area contributed by atoms with E-state index in [1.165, 1.54) is 0 Å². The highest BCUT2D eigenvalue weighted by Crippen LogP contribution is 2.21. The lowest BCUT2D eigenvalue weighted by molar-refractivity contribution is -0.125. The van der Waals surface area contributed by atoms with E-state index in [1.807, 2.05) is 19.1 Å². The standard InChI is InChI=1S/C16H24N6O2/c1-2-24-10-4-8-17-16(23)13-5-3-9-21(11-13)15-7-6-14-19-18-12-22(14)20-15/h6-7,12-13H,2-5,8-11H2,1H3,(H,17,23)/t13-/m1/s1. The Balaban J connectivity index is 1.54. The first-order chi connectivity index (χ1) is 11.8. The molecule has 0 spiro atoms. The molecule has 0 radical (unpaired) electrons. The zero-order chi connectivity index (χ0) is 16.8. The van der Waals surface area contributed by atoms with Gasteiger partial charge >= 0.3 is 0 Å². The van der Waals surface area contributed by atoms with Crippen molar-refractivity contribution in [3.8, 4) is 0 Å². The van der Waals surface area contributed by atoms with Crippen LogP contribution in [0, 0.1) is 5.92 Å². The van der Waals surface area contributed by atoms with Crippen molar-refractivity contribution in [2.24, 2.45) is 5.92 Å². The molecule has 1 aliphatic rings. The predicted octanol–water partition coefficient (Wildman–Crippen LogP) is 0.883. The minimum Gasteiger partial charge on any atom is -0.382 e. The van der Waals surface area contributed by atoms with Crippen molar-refractivity contribution in [1.29, 1.82) is 0 Å². The van der Waals surface area contributed by atoms with Gasteiger partial charge in [0, 0.05) is 32.8 Å². The molecule has 0 bridgehead atoms. The topological polar surface area (TPSA) is 84.6 Å². The third-order valence-corrected chi connectivity index (χ3v) is 4.23. The largest absolute Gasteiger partial charge is 0.382 e. The van der Waals surface area contributed by atoms with Crippen LogP contribution in [0.15, 0.2) is 18.5 Å². The van der Waals surface area contributed by atoms with Crippen molar-refractivity contribution in [1.82, 2.24) is 25.1 Å². The number of aromatic nitrogens is 4. The molecule has 1 atom stereocenters. The summed E-state index contributed by atoms with van der Waals surface area (Å²) in [6.45, 7) is 5.65. The molecular formula is C16H24N6O2. The minimum atomic E-state index is 0.00394. The zero-order valence-electron chi connectivity index (χ0n) is 14.0. The molecule has 2 aromatic heterocycles. The lowest BCUT2D eigenvalue weighted by Gasteiger charge is -2.32. The maximum atomic E-state index is 12.4. The highest BCUT2D eigenvalue weighted by atomic mass is 16.5. The quantitative estimate of drug-likeness (QED) is 0.758. The molecule has 1 aliphatic heterocycles. The van der Waals surface area contributed by atoms with Crippen molar-refractivity contribution >= 4 is 17.4 Å². The number of nitrogens with zero attached hydrogens (tertiary/aromatic N) is 5. The smallest absolute Gasteiger partial charge is 0.224 e. The van der Waals surface area contributed by atoms with Crippen LogP contribution in [0.1, 0.15) is 26.2 Å². The van der Waals surface area contributed by atoms with Gasteiger partial charge in [-0.3, -0.25) is 4.79 Å². The number of piperidine rings is 1. The van der Waals surface area contributed by atoms with Gasteiger partial charge in [0.1, 0.15) is 12.1 Å². The van der Waals surface area contributed by atoms with Crippen molar-refractivity contribution in [3.63, 3.8) is 0 Å². The third-order valence-electron chi connectivity index (χ3n) is 4.23. The van der Waals surface area contributed by atoms with E-state index < -0.39 is 0 Å². The Bertz CT molecular complexity index is 673. The van der Waals surface area contributed by atoms with Gasteiger partial charge in [0.05, 0.1) is 5.92 Å². The van der Waals surface area contributed by atoms with Gasteiger partial charge in [0.15, 0.2) is 5.65 Å². The predicted molar refractivity (Wildman–Crippen MR) is 89.8 cm³/mol. The van der Waals surface area contributed by atoms with Gasteiger partial charge in [-0.05, 0) is 38.3 Å². The lowest BCUT2D eigenvalue weighted by Crippen LogP contribution is -2.43. The first-order valence-electron chi connectivity index (χ1n) is 8.55. The Morgan fingerprint density at radius 1 is 1.46 bits per heavy atom.